The molecular weight excluding hydrogens is 190 g/mol. The molecule has 0 rings (SSSR count). The summed E-state index contributed by atoms with van der Waals surface area (Å²) in [6.07, 6.45) is 2.42. The number of rotatable bonds is 7. The lowest BCUT2D eigenvalue weighted by Crippen LogP contribution is -2.36. The fourth-order valence-corrected chi connectivity index (χ4v) is 1.74. The van der Waals surface area contributed by atoms with Gasteiger partial charge >= 0.3 is 5.97 Å². The predicted molar refractivity (Wildman–Crippen MR) is 62.6 cm³/mol. The van der Waals surface area contributed by atoms with E-state index >= 15 is 0 Å². The van der Waals surface area contributed by atoms with Crippen molar-refractivity contribution in [2.75, 3.05) is 0 Å². The lowest BCUT2D eigenvalue weighted by Gasteiger charge is -2.22. The van der Waals surface area contributed by atoms with Gasteiger partial charge in [-0.2, -0.15) is 0 Å². The molecule has 3 heteroatoms. The van der Waals surface area contributed by atoms with Gasteiger partial charge in [0.2, 0.25) is 0 Å². The van der Waals surface area contributed by atoms with Crippen LogP contribution in [0.3, 0.4) is 0 Å². The van der Waals surface area contributed by atoms with Gasteiger partial charge < -0.3 is 10.8 Å². The molecule has 0 aliphatic heterocycles. The van der Waals surface area contributed by atoms with Gasteiger partial charge in [-0.15, -0.1) is 0 Å². The van der Waals surface area contributed by atoms with E-state index in [1.165, 1.54) is 0 Å². The zero-order valence-corrected chi connectivity index (χ0v) is 10.4. The Hall–Kier alpha value is -0.570. The molecule has 0 saturated carbocycles. The van der Waals surface area contributed by atoms with Crippen molar-refractivity contribution in [1.29, 1.82) is 0 Å². The highest BCUT2D eigenvalue weighted by Gasteiger charge is 2.25. The first-order valence-corrected chi connectivity index (χ1v) is 5.83. The summed E-state index contributed by atoms with van der Waals surface area (Å²) in [5.74, 6) is -0.127. The van der Waals surface area contributed by atoms with Crippen LogP contribution in [0.15, 0.2) is 0 Å². The van der Waals surface area contributed by atoms with Crippen LogP contribution in [-0.4, -0.2) is 17.1 Å². The molecule has 0 aliphatic rings. The highest BCUT2D eigenvalue weighted by Crippen LogP contribution is 2.19. The molecule has 0 aromatic carbocycles. The van der Waals surface area contributed by atoms with Gasteiger partial charge in [-0.05, 0) is 24.7 Å². The molecule has 0 amide bonds. The number of nitrogens with two attached hydrogens (primary N) is 1. The third kappa shape index (κ3) is 6.50. The van der Waals surface area contributed by atoms with Crippen molar-refractivity contribution in [1.82, 2.24) is 0 Å². The van der Waals surface area contributed by atoms with Crippen LogP contribution in [-0.2, 0) is 4.79 Å². The molecule has 0 radical (unpaired) electrons. The van der Waals surface area contributed by atoms with Crippen molar-refractivity contribution in [3.63, 3.8) is 0 Å². The third-order valence-electron chi connectivity index (χ3n) is 2.63. The summed E-state index contributed by atoms with van der Waals surface area (Å²) in [7, 11) is 0. The van der Waals surface area contributed by atoms with Crippen LogP contribution in [0, 0.1) is 17.8 Å². The molecule has 3 N–H and O–H groups in total. The second-order valence-corrected chi connectivity index (χ2v) is 5.21. The van der Waals surface area contributed by atoms with Crippen LogP contribution < -0.4 is 5.73 Å². The molecule has 2 unspecified atom stereocenters. The first kappa shape index (κ1) is 14.4. The first-order chi connectivity index (χ1) is 6.84. The number of hydrogen-bond acceptors (Lipinski definition) is 2. The minimum Gasteiger partial charge on any atom is -0.481 e. The zero-order valence-electron chi connectivity index (χ0n) is 10.4. The van der Waals surface area contributed by atoms with Gasteiger partial charge in [-0.3, -0.25) is 4.79 Å². The molecule has 0 heterocycles. The van der Waals surface area contributed by atoms with Crippen molar-refractivity contribution in [3.05, 3.63) is 0 Å². The maximum atomic E-state index is 11.1. The SMILES string of the molecule is CC(C)CCC(C(=O)O)C(N)CC(C)C. The third-order valence-corrected chi connectivity index (χ3v) is 2.63. The highest BCUT2D eigenvalue weighted by atomic mass is 16.4. The average Bonchev–Trinajstić information content (AvgIpc) is 2.01. The largest absolute Gasteiger partial charge is 0.481 e. The van der Waals surface area contributed by atoms with Gasteiger partial charge in [0.1, 0.15) is 0 Å². The van der Waals surface area contributed by atoms with Crippen LogP contribution in [0.5, 0.6) is 0 Å². The number of aliphatic carboxylic acids is 1. The fourth-order valence-electron chi connectivity index (χ4n) is 1.74. The standard InChI is InChI=1S/C12H25NO2/c1-8(2)5-6-10(12(14)15)11(13)7-9(3)4/h8-11H,5-7,13H2,1-4H3,(H,14,15). The maximum absolute atomic E-state index is 11.1. The molecule has 3 nitrogen and oxygen atoms in total. The van der Waals surface area contributed by atoms with E-state index in [0.29, 0.717) is 18.3 Å². The van der Waals surface area contributed by atoms with E-state index in [1.54, 1.807) is 0 Å². The van der Waals surface area contributed by atoms with Gasteiger partial charge in [0.15, 0.2) is 0 Å². The molecule has 0 saturated heterocycles. The Balaban J connectivity index is 4.19. The number of carboxylic acid groups (broad SMARTS) is 1. The Bertz CT molecular complexity index is 190. The molecule has 2 atom stereocenters. The summed E-state index contributed by atoms with van der Waals surface area (Å²) in [5.41, 5.74) is 5.93. The average molecular weight is 215 g/mol. The molecule has 0 aromatic rings. The zero-order chi connectivity index (χ0) is 12.0. The van der Waals surface area contributed by atoms with Crippen molar-refractivity contribution < 1.29 is 9.90 Å². The summed E-state index contributed by atoms with van der Waals surface area (Å²) in [6, 6.07) is -0.207. The van der Waals surface area contributed by atoms with E-state index in [9.17, 15) is 4.79 Å². The van der Waals surface area contributed by atoms with Gasteiger partial charge in [-0.25, -0.2) is 0 Å². The Kier molecular flexibility index (Phi) is 6.57. The number of carbonyl (C=O) groups is 1. The maximum Gasteiger partial charge on any atom is 0.308 e. The molecule has 0 spiro atoms. The number of carboxylic acids is 1. The Labute approximate surface area is 93.0 Å². The molecule has 90 valence electrons. The van der Waals surface area contributed by atoms with E-state index in [1.807, 2.05) is 0 Å². The highest BCUT2D eigenvalue weighted by molar-refractivity contribution is 5.70. The lowest BCUT2D eigenvalue weighted by molar-refractivity contribution is -0.142. The summed E-state index contributed by atoms with van der Waals surface area (Å²) in [6.45, 7) is 8.35. The van der Waals surface area contributed by atoms with Crippen LogP contribution in [0.2, 0.25) is 0 Å². The molecule has 0 aliphatic carbocycles. The summed E-state index contributed by atoms with van der Waals surface area (Å²) in [4.78, 5) is 11.1. The normalized spacial score (nSPS) is 15.7. The predicted octanol–water partition coefficient (Wildman–Crippen LogP) is 2.50. The van der Waals surface area contributed by atoms with E-state index in [2.05, 4.69) is 27.7 Å². The molecule has 0 aromatic heterocycles. The second-order valence-electron chi connectivity index (χ2n) is 5.21. The van der Waals surface area contributed by atoms with Crippen LogP contribution in [0.4, 0.5) is 0 Å². The van der Waals surface area contributed by atoms with Crippen LogP contribution in [0.1, 0.15) is 47.0 Å². The summed E-state index contributed by atoms with van der Waals surface area (Å²) >= 11 is 0. The van der Waals surface area contributed by atoms with E-state index in [4.69, 9.17) is 10.8 Å². The van der Waals surface area contributed by atoms with Crippen LogP contribution in [0.25, 0.3) is 0 Å². The molecule has 0 bridgehead atoms. The van der Waals surface area contributed by atoms with E-state index in [-0.39, 0.29) is 12.0 Å². The first-order valence-electron chi connectivity index (χ1n) is 5.83. The summed E-state index contributed by atoms with van der Waals surface area (Å²) < 4.78 is 0. The van der Waals surface area contributed by atoms with E-state index < -0.39 is 5.97 Å². The topological polar surface area (TPSA) is 63.3 Å². The fraction of sp³-hybridized carbons (Fsp3) is 0.917. The minimum absolute atomic E-state index is 0.207. The van der Waals surface area contributed by atoms with Crippen molar-refractivity contribution in [3.8, 4) is 0 Å². The van der Waals surface area contributed by atoms with Crippen molar-refractivity contribution in [2.45, 2.75) is 53.0 Å². The minimum atomic E-state index is -0.746. The smallest absolute Gasteiger partial charge is 0.308 e. The monoisotopic (exact) mass is 215 g/mol. The van der Waals surface area contributed by atoms with Crippen LogP contribution >= 0.6 is 0 Å². The lowest BCUT2D eigenvalue weighted by atomic mass is 9.87. The van der Waals surface area contributed by atoms with Gasteiger partial charge in [0, 0.05) is 6.04 Å². The Morgan fingerprint density at radius 3 is 2.00 bits per heavy atom. The van der Waals surface area contributed by atoms with Gasteiger partial charge in [0.25, 0.3) is 0 Å². The summed E-state index contributed by atoms with van der Waals surface area (Å²) in [5, 5.41) is 9.09. The molecule has 15 heavy (non-hydrogen) atoms. The Morgan fingerprint density at radius 1 is 1.13 bits per heavy atom. The van der Waals surface area contributed by atoms with Gasteiger partial charge in [0.05, 0.1) is 5.92 Å². The second kappa shape index (κ2) is 6.83. The molecule has 0 fully saturated rings. The molecular formula is C12H25NO2. The van der Waals surface area contributed by atoms with Gasteiger partial charge in [-0.1, -0.05) is 34.1 Å². The Morgan fingerprint density at radius 2 is 1.67 bits per heavy atom. The van der Waals surface area contributed by atoms with Crippen molar-refractivity contribution in [2.24, 2.45) is 23.5 Å². The van der Waals surface area contributed by atoms with E-state index in [0.717, 1.165) is 12.8 Å². The van der Waals surface area contributed by atoms with Crippen molar-refractivity contribution >= 4 is 5.97 Å². The quantitative estimate of drug-likeness (QED) is 0.686. The number of hydrogen-bond donors (Lipinski definition) is 2.